The molecule has 0 saturated carbocycles. The van der Waals surface area contributed by atoms with E-state index >= 15 is 0 Å². The number of carbonyl (C=O) groups excluding carboxylic acids is 2. The van der Waals surface area contributed by atoms with Crippen molar-refractivity contribution in [1.82, 2.24) is 0 Å². The number of rotatable bonds is 9. The Morgan fingerprint density at radius 1 is 0.727 bits per heavy atom. The van der Waals surface area contributed by atoms with Gasteiger partial charge in [-0.3, -0.25) is 9.59 Å². The standard InChI is InChI=1S/C13H24O7.C10H18O6.8CH4/c1-7(19-9(3)14)5-18-6-10-8(2)11(15)12(16)13(17-4)20-10;1-5-7(4-11)16-10(14-3)8(13)9(5)15-6(2)12;;;;;;;;/h7-8,10-13,15-16H,5-6H2,1-4H3;5,7-11,13H,4H2,1-3H3;8*1H4. The van der Waals surface area contributed by atoms with Gasteiger partial charge in [-0.15, -0.1) is 0 Å². The molecule has 2 aliphatic rings. The minimum atomic E-state index is -1.08. The zero-order chi connectivity index (χ0) is 27.6. The van der Waals surface area contributed by atoms with Gasteiger partial charge in [0.05, 0.1) is 38.1 Å². The molecule has 276 valence electrons. The molecule has 13 heteroatoms. The Morgan fingerprint density at radius 2 is 1.18 bits per heavy atom. The van der Waals surface area contributed by atoms with Crippen LogP contribution in [-0.2, 0) is 42.7 Å². The van der Waals surface area contributed by atoms with Gasteiger partial charge in [0.15, 0.2) is 12.6 Å². The smallest absolute Gasteiger partial charge is 0.303 e. The third-order valence-corrected chi connectivity index (χ3v) is 6.04. The van der Waals surface area contributed by atoms with Gasteiger partial charge in [0, 0.05) is 39.9 Å². The van der Waals surface area contributed by atoms with Crippen molar-refractivity contribution in [1.29, 1.82) is 0 Å². The first-order valence-electron chi connectivity index (χ1n) is 11.8. The second-order valence-electron chi connectivity index (χ2n) is 8.96. The van der Waals surface area contributed by atoms with Crippen molar-refractivity contribution in [2.24, 2.45) is 11.8 Å². The summed E-state index contributed by atoms with van der Waals surface area (Å²) in [5, 5.41) is 38.6. The first kappa shape index (κ1) is 61.6. The predicted molar refractivity (Wildman–Crippen MR) is 176 cm³/mol. The molecule has 2 heterocycles. The van der Waals surface area contributed by atoms with E-state index in [1.54, 1.807) is 20.8 Å². The number of carbonyl (C=O) groups is 2. The molecule has 13 nitrogen and oxygen atoms in total. The van der Waals surface area contributed by atoms with Crippen molar-refractivity contribution in [2.45, 2.75) is 149 Å². The molecule has 11 atom stereocenters. The monoisotopic (exact) mass is 655 g/mol. The van der Waals surface area contributed by atoms with Gasteiger partial charge in [0.2, 0.25) is 0 Å². The molecular formula is C31H74O13. The molecule has 0 aliphatic carbocycles. The quantitative estimate of drug-likeness (QED) is 0.262. The zero-order valence-corrected chi connectivity index (χ0v) is 21.9. The summed E-state index contributed by atoms with van der Waals surface area (Å²) in [7, 11) is 2.78. The molecule has 0 radical (unpaired) electrons. The average Bonchev–Trinajstić information content (AvgIpc) is 2.81. The second-order valence-corrected chi connectivity index (χ2v) is 8.96. The fraction of sp³-hybridized carbons (Fsp3) is 0.935. The van der Waals surface area contributed by atoms with E-state index in [4.69, 9.17) is 38.3 Å². The van der Waals surface area contributed by atoms with Gasteiger partial charge in [-0.2, -0.15) is 0 Å². The lowest BCUT2D eigenvalue weighted by Gasteiger charge is -2.41. The van der Waals surface area contributed by atoms with Crippen molar-refractivity contribution < 1.29 is 63.2 Å². The van der Waals surface area contributed by atoms with Crippen LogP contribution in [0, 0.1) is 11.8 Å². The largest absolute Gasteiger partial charge is 0.460 e. The lowest BCUT2D eigenvalue weighted by molar-refractivity contribution is -0.283. The van der Waals surface area contributed by atoms with Crippen LogP contribution in [0.1, 0.15) is 94.0 Å². The van der Waals surface area contributed by atoms with Crippen LogP contribution in [0.2, 0.25) is 0 Å². The molecule has 2 rings (SSSR count). The van der Waals surface area contributed by atoms with Crippen molar-refractivity contribution in [3.8, 4) is 0 Å². The van der Waals surface area contributed by atoms with E-state index in [2.05, 4.69) is 0 Å². The molecule has 11 unspecified atom stereocenters. The molecule has 0 aromatic carbocycles. The lowest BCUT2D eigenvalue weighted by Crippen LogP contribution is -2.56. The Kier molecular flexibility index (Phi) is 42.3. The molecule has 4 N–H and O–H groups in total. The Morgan fingerprint density at radius 3 is 1.59 bits per heavy atom. The SMILES string of the molecule is C.C.C.C.C.C.C.C.COC1OC(CO)C(C)C(OC(C)=O)C1O.COC1OC(COCC(C)OC(C)=O)C(C)C(O)C1O. The van der Waals surface area contributed by atoms with Crippen LogP contribution in [0.15, 0.2) is 0 Å². The third-order valence-electron chi connectivity index (χ3n) is 6.04. The van der Waals surface area contributed by atoms with Crippen LogP contribution in [0.5, 0.6) is 0 Å². The summed E-state index contributed by atoms with van der Waals surface area (Å²) < 4.78 is 36.1. The van der Waals surface area contributed by atoms with E-state index in [0.717, 1.165) is 0 Å². The maximum Gasteiger partial charge on any atom is 0.303 e. The molecule has 0 aromatic heterocycles. The number of hydrogen-bond donors (Lipinski definition) is 4. The summed E-state index contributed by atoms with van der Waals surface area (Å²) in [6.45, 7) is 8.08. The molecule has 0 amide bonds. The Hall–Kier alpha value is -1.42. The fourth-order valence-corrected chi connectivity index (χ4v) is 3.95. The van der Waals surface area contributed by atoms with Gasteiger partial charge in [-0.1, -0.05) is 73.3 Å². The minimum absolute atomic E-state index is 0. The normalized spacial score (nSPS) is 30.5. The number of methoxy groups -OCH3 is 2. The van der Waals surface area contributed by atoms with Crippen LogP contribution >= 0.6 is 0 Å². The van der Waals surface area contributed by atoms with Crippen molar-refractivity contribution >= 4 is 11.9 Å². The van der Waals surface area contributed by atoms with Gasteiger partial charge in [0.25, 0.3) is 0 Å². The topological polar surface area (TPSA) is 180 Å². The number of aliphatic hydroxyl groups excluding tert-OH is 4. The Labute approximate surface area is 270 Å². The average molecular weight is 655 g/mol. The van der Waals surface area contributed by atoms with Gasteiger partial charge in [0.1, 0.15) is 24.4 Å². The van der Waals surface area contributed by atoms with Crippen LogP contribution in [0.25, 0.3) is 0 Å². The Bertz CT molecular complexity index is 648. The zero-order valence-electron chi connectivity index (χ0n) is 21.9. The van der Waals surface area contributed by atoms with E-state index in [1.165, 1.54) is 28.1 Å². The van der Waals surface area contributed by atoms with Crippen LogP contribution < -0.4 is 0 Å². The molecule has 0 spiro atoms. The van der Waals surface area contributed by atoms with Crippen LogP contribution in [-0.4, -0.2) is 122 Å². The summed E-state index contributed by atoms with van der Waals surface area (Å²) in [5.41, 5.74) is 0. The highest BCUT2D eigenvalue weighted by Gasteiger charge is 2.45. The highest BCUT2D eigenvalue weighted by Crippen LogP contribution is 2.29. The summed E-state index contributed by atoms with van der Waals surface area (Å²) >= 11 is 0. The molecule has 0 bridgehead atoms. The molecular weight excluding hydrogens is 580 g/mol. The van der Waals surface area contributed by atoms with Gasteiger partial charge in [-0.25, -0.2) is 0 Å². The molecule has 2 aliphatic heterocycles. The first-order valence-corrected chi connectivity index (χ1v) is 11.8. The molecule has 2 saturated heterocycles. The van der Waals surface area contributed by atoms with Gasteiger partial charge >= 0.3 is 11.9 Å². The number of aliphatic hydroxyl groups is 4. The lowest BCUT2D eigenvalue weighted by atomic mass is 9.91. The van der Waals surface area contributed by atoms with Crippen molar-refractivity contribution in [3.05, 3.63) is 0 Å². The Balaban J connectivity index is -0.0000000843. The van der Waals surface area contributed by atoms with E-state index < -0.39 is 55.2 Å². The minimum Gasteiger partial charge on any atom is -0.460 e. The van der Waals surface area contributed by atoms with E-state index in [9.17, 15) is 24.9 Å². The summed E-state index contributed by atoms with van der Waals surface area (Å²) in [4.78, 5) is 21.7. The van der Waals surface area contributed by atoms with E-state index in [-0.39, 0.29) is 103 Å². The number of ether oxygens (including phenoxy) is 7. The third kappa shape index (κ3) is 18.5. The van der Waals surface area contributed by atoms with Crippen molar-refractivity contribution in [2.75, 3.05) is 34.0 Å². The molecule has 0 aromatic rings. The first-order chi connectivity index (χ1) is 16.9. The summed E-state index contributed by atoms with van der Waals surface area (Å²) in [6.07, 6.45) is -6.82. The van der Waals surface area contributed by atoms with Crippen molar-refractivity contribution in [3.63, 3.8) is 0 Å². The van der Waals surface area contributed by atoms with Gasteiger partial charge in [-0.05, 0) is 6.92 Å². The van der Waals surface area contributed by atoms with Gasteiger partial charge < -0.3 is 53.6 Å². The highest BCUT2D eigenvalue weighted by molar-refractivity contribution is 5.66. The van der Waals surface area contributed by atoms with E-state index in [0.29, 0.717) is 0 Å². The highest BCUT2D eigenvalue weighted by atomic mass is 16.7. The maximum absolute atomic E-state index is 10.9. The van der Waals surface area contributed by atoms with E-state index in [1.807, 2.05) is 0 Å². The number of hydrogen-bond acceptors (Lipinski definition) is 13. The predicted octanol–water partition coefficient (Wildman–Crippen LogP) is 4.05. The molecule has 2 fully saturated rings. The number of esters is 2. The summed E-state index contributed by atoms with van der Waals surface area (Å²) in [5.74, 6) is -1.43. The maximum atomic E-state index is 10.9. The molecule has 44 heavy (non-hydrogen) atoms. The second kappa shape index (κ2) is 30.2. The summed E-state index contributed by atoms with van der Waals surface area (Å²) in [6, 6.07) is 0. The fourth-order valence-electron chi connectivity index (χ4n) is 3.95. The van der Waals surface area contributed by atoms with Crippen LogP contribution in [0.4, 0.5) is 0 Å². The van der Waals surface area contributed by atoms with Crippen LogP contribution in [0.3, 0.4) is 0 Å².